The predicted molar refractivity (Wildman–Crippen MR) is 107 cm³/mol. The molecule has 0 saturated carbocycles. The van der Waals surface area contributed by atoms with Crippen LogP contribution in [0.5, 0.6) is 5.75 Å². The van der Waals surface area contributed by atoms with Crippen molar-refractivity contribution in [3.8, 4) is 5.75 Å². The van der Waals surface area contributed by atoms with E-state index in [-0.39, 0.29) is 5.91 Å². The Morgan fingerprint density at radius 3 is 2.85 bits per heavy atom. The van der Waals surface area contributed by atoms with Gasteiger partial charge in [-0.3, -0.25) is 4.79 Å². The highest BCUT2D eigenvalue weighted by Gasteiger charge is 2.15. The monoisotopic (exact) mass is 420 g/mol. The lowest BCUT2D eigenvalue weighted by molar-refractivity contribution is -0.116. The number of nitrogens with zero attached hydrogens (tertiary/aromatic N) is 2. The molecule has 1 aliphatic heterocycles. The highest BCUT2D eigenvalue weighted by Crippen LogP contribution is 2.29. The zero-order chi connectivity index (χ0) is 18.8. The molecule has 0 saturated heterocycles. The maximum atomic E-state index is 11.4. The summed E-state index contributed by atoms with van der Waals surface area (Å²) in [7, 11) is 0. The summed E-state index contributed by atoms with van der Waals surface area (Å²) in [5.74, 6) is 0.783. The van der Waals surface area contributed by atoms with Crippen molar-refractivity contribution in [1.82, 2.24) is 10.2 Å². The van der Waals surface area contributed by atoms with Crippen LogP contribution in [0, 0.1) is 0 Å². The Morgan fingerprint density at radius 1 is 1.11 bits per heavy atom. The highest BCUT2D eigenvalue weighted by molar-refractivity contribution is 7.15. The number of amides is 1. The molecule has 2 heterocycles. The molecule has 6 nitrogen and oxygen atoms in total. The summed E-state index contributed by atoms with van der Waals surface area (Å²) in [4.78, 5) is 11.4. The third-order valence-corrected chi connectivity index (χ3v) is 5.52. The largest absolute Gasteiger partial charge is 0.486 e. The first-order valence-electron chi connectivity index (χ1n) is 8.17. The second-order valence-electron chi connectivity index (χ2n) is 5.91. The fourth-order valence-electron chi connectivity index (χ4n) is 2.65. The molecular weight excluding hydrogens is 407 g/mol. The molecule has 2 N–H and O–H groups in total. The molecule has 4 rings (SSSR count). The summed E-state index contributed by atoms with van der Waals surface area (Å²) in [5, 5.41) is 16.6. The van der Waals surface area contributed by atoms with Crippen LogP contribution in [0.3, 0.4) is 0 Å². The zero-order valence-electron chi connectivity index (χ0n) is 14.0. The van der Waals surface area contributed by atoms with Crippen molar-refractivity contribution in [1.29, 1.82) is 0 Å². The van der Waals surface area contributed by atoms with Crippen LogP contribution in [0.4, 0.5) is 16.5 Å². The fraction of sp³-hybridized carbons (Fsp3) is 0.167. The third kappa shape index (κ3) is 4.32. The van der Waals surface area contributed by atoms with Gasteiger partial charge >= 0.3 is 0 Å². The smallest absolute Gasteiger partial charge is 0.224 e. The van der Waals surface area contributed by atoms with Crippen molar-refractivity contribution in [3.05, 3.63) is 57.0 Å². The van der Waals surface area contributed by atoms with Gasteiger partial charge in [0.1, 0.15) is 12.4 Å². The first-order valence-corrected chi connectivity index (χ1v) is 9.74. The highest BCUT2D eigenvalue weighted by atomic mass is 35.5. The van der Waals surface area contributed by atoms with Gasteiger partial charge in [-0.25, -0.2) is 0 Å². The number of fused-ring (bicyclic) bond motifs is 1. The number of halogens is 2. The van der Waals surface area contributed by atoms with E-state index in [4.69, 9.17) is 27.9 Å². The fourth-order valence-corrected chi connectivity index (χ4v) is 3.63. The minimum atomic E-state index is 0.0482. The van der Waals surface area contributed by atoms with E-state index in [0.29, 0.717) is 28.2 Å². The Kier molecular flexibility index (Phi) is 5.15. The second kappa shape index (κ2) is 7.72. The van der Waals surface area contributed by atoms with Gasteiger partial charge in [-0.2, -0.15) is 0 Å². The van der Waals surface area contributed by atoms with E-state index in [1.54, 1.807) is 12.1 Å². The summed E-state index contributed by atoms with van der Waals surface area (Å²) < 4.78 is 5.81. The van der Waals surface area contributed by atoms with Crippen LogP contribution in [0.1, 0.15) is 17.0 Å². The number of carbonyl (C=O) groups is 1. The van der Waals surface area contributed by atoms with E-state index in [9.17, 15) is 4.79 Å². The topological polar surface area (TPSA) is 76.1 Å². The van der Waals surface area contributed by atoms with Crippen molar-refractivity contribution >= 4 is 57.0 Å². The van der Waals surface area contributed by atoms with Gasteiger partial charge in [0.25, 0.3) is 0 Å². The van der Waals surface area contributed by atoms with Crippen LogP contribution in [0.25, 0.3) is 0 Å². The molecule has 0 spiro atoms. The van der Waals surface area contributed by atoms with Crippen molar-refractivity contribution in [2.45, 2.75) is 19.4 Å². The number of carbonyl (C=O) groups excluding carboxylic acids is 1. The Labute approximate surface area is 169 Å². The SMILES string of the molecule is O=C1CCc2cc(OCc3nnc(Nc4ccc(Cl)c(Cl)c4)s3)ccc2N1. The Bertz CT molecular complexity index is 1010. The van der Waals surface area contributed by atoms with Crippen molar-refractivity contribution in [3.63, 3.8) is 0 Å². The third-order valence-electron chi connectivity index (χ3n) is 3.97. The molecule has 0 fully saturated rings. The minimum Gasteiger partial charge on any atom is -0.486 e. The first kappa shape index (κ1) is 18.0. The molecule has 0 unspecified atom stereocenters. The van der Waals surface area contributed by atoms with E-state index in [0.717, 1.165) is 34.1 Å². The van der Waals surface area contributed by atoms with Crippen LogP contribution >= 0.6 is 34.5 Å². The quantitative estimate of drug-likeness (QED) is 0.603. The molecule has 1 aliphatic rings. The van der Waals surface area contributed by atoms with E-state index in [1.165, 1.54) is 11.3 Å². The number of aryl methyl sites for hydroxylation is 1. The summed E-state index contributed by atoms with van der Waals surface area (Å²) in [6.07, 6.45) is 1.21. The molecule has 0 bridgehead atoms. The van der Waals surface area contributed by atoms with E-state index in [1.807, 2.05) is 24.3 Å². The van der Waals surface area contributed by atoms with E-state index >= 15 is 0 Å². The Morgan fingerprint density at radius 2 is 2.00 bits per heavy atom. The van der Waals surface area contributed by atoms with Gasteiger partial charge in [0.05, 0.1) is 10.0 Å². The average molecular weight is 421 g/mol. The molecule has 0 atom stereocenters. The van der Waals surface area contributed by atoms with Crippen molar-refractivity contribution < 1.29 is 9.53 Å². The molecular formula is C18H14Cl2N4O2S. The number of hydrogen-bond donors (Lipinski definition) is 2. The standard InChI is InChI=1S/C18H14Cl2N4O2S/c19-13-4-2-11(8-14(13)20)21-18-24-23-17(27-18)9-26-12-3-5-15-10(7-12)1-6-16(25)22-15/h2-5,7-8H,1,6,9H2,(H,21,24)(H,22,25). The maximum absolute atomic E-state index is 11.4. The summed E-state index contributed by atoms with van der Waals surface area (Å²) in [6, 6.07) is 10.9. The molecule has 138 valence electrons. The number of rotatable bonds is 5. The number of hydrogen-bond acceptors (Lipinski definition) is 6. The number of ether oxygens (including phenoxy) is 1. The van der Waals surface area contributed by atoms with E-state index in [2.05, 4.69) is 20.8 Å². The normalized spacial score (nSPS) is 13.0. The molecule has 0 radical (unpaired) electrons. The van der Waals surface area contributed by atoms with Crippen LogP contribution in [-0.2, 0) is 17.8 Å². The number of nitrogens with one attached hydrogen (secondary N) is 2. The summed E-state index contributed by atoms with van der Waals surface area (Å²) >= 11 is 13.3. The minimum absolute atomic E-state index is 0.0482. The maximum Gasteiger partial charge on any atom is 0.224 e. The molecule has 27 heavy (non-hydrogen) atoms. The molecule has 2 aromatic carbocycles. The van der Waals surface area contributed by atoms with Crippen LogP contribution < -0.4 is 15.4 Å². The summed E-state index contributed by atoms with van der Waals surface area (Å²) in [6.45, 7) is 0.311. The van der Waals surface area contributed by atoms with Gasteiger partial charge in [0.2, 0.25) is 11.0 Å². The van der Waals surface area contributed by atoms with E-state index < -0.39 is 0 Å². The van der Waals surface area contributed by atoms with Crippen molar-refractivity contribution in [2.75, 3.05) is 10.6 Å². The number of benzene rings is 2. The Balaban J connectivity index is 1.38. The van der Waals surface area contributed by atoms with Crippen LogP contribution in [0.2, 0.25) is 10.0 Å². The lowest BCUT2D eigenvalue weighted by Gasteiger charge is -2.17. The lowest BCUT2D eigenvalue weighted by Crippen LogP contribution is -2.18. The zero-order valence-corrected chi connectivity index (χ0v) is 16.3. The Hall–Kier alpha value is -2.35. The average Bonchev–Trinajstić information content (AvgIpc) is 3.10. The van der Waals surface area contributed by atoms with Gasteiger partial charge in [0.15, 0.2) is 5.01 Å². The predicted octanol–water partition coefficient (Wildman–Crippen LogP) is 5.05. The molecule has 1 aromatic heterocycles. The van der Waals surface area contributed by atoms with Gasteiger partial charge in [-0.05, 0) is 48.4 Å². The molecule has 9 heteroatoms. The first-order chi connectivity index (χ1) is 13.1. The molecule has 3 aromatic rings. The number of aromatic nitrogens is 2. The van der Waals surface area contributed by atoms with Gasteiger partial charge in [-0.15, -0.1) is 10.2 Å². The van der Waals surface area contributed by atoms with Gasteiger partial charge < -0.3 is 15.4 Å². The lowest BCUT2D eigenvalue weighted by atomic mass is 10.0. The van der Waals surface area contributed by atoms with Gasteiger partial charge in [0, 0.05) is 17.8 Å². The number of anilines is 3. The molecule has 1 amide bonds. The van der Waals surface area contributed by atoms with Crippen molar-refractivity contribution in [2.24, 2.45) is 0 Å². The van der Waals surface area contributed by atoms with Gasteiger partial charge in [-0.1, -0.05) is 34.5 Å². The second-order valence-corrected chi connectivity index (χ2v) is 7.79. The van der Waals surface area contributed by atoms with Crippen LogP contribution in [-0.4, -0.2) is 16.1 Å². The summed E-state index contributed by atoms with van der Waals surface area (Å²) in [5.41, 5.74) is 2.71. The van der Waals surface area contributed by atoms with Crippen LogP contribution in [0.15, 0.2) is 36.4 Å². The molecule has 0 aliphatic carbocycles.